The fourth-order valence-corrected chi connectivity index (χ4v) is 9.36. The van der Waals surface area contributed by atoms with Gasteiger partial charge in [0.25, 0.3) is 0 Å². The average molecular weight is 430 g/mol. The number of carbonyl (C=O) groups is 2. The van der Waals surface area contributed by atoms with Crippen molar-refractivity contribution in [1.82, 2.24) is 4.90 Å². The van der Waals surface area contributed by atoms with Crippen LogP contribution in [0.15, 0.2) is 12.2 Å². The second kappa shape index (κ2) is 7.33. The summed E-state index contributed by atoms with van der Waals surface area (Å²) < 4.78 is 11.4. The molecule has 31 heavy (non-hydrogen) atoms. The highest BCUT2D eigenvalue weighted by Crippen LogP contribution is 2.73. The van der Waals surface area contributed by atoms with E-state index in [1.165, 1.54) is 63.9 Å². The summed E-state index contributed by atoms with van der Waals surface area (Å²) in [6, 6.07) is 0. The highest BCUT2D eigenvalue weighted by atomic mass is 16.5. The Morgan fingerprint density at radius 2 is 1.81 bits per heavy atom. The van der Waals surface area contributed by atoms with Crippen molar-refractivity contribution in [3.63, 3.8) is 0 Å². The molecule has 7 atom stereocenters. The highest BCUT2D eigenvalue weighted by Gasteiger charge is 2.70. The molecule has 172 valence electrons. The Morgan fingerprint density at radius 1 is 1.03 bits per heavy atom. The third-order valence-corrected chi connectivity index (χ3v) is 10.2. The Morgan fingerprint density at radius 3 is 2.55 bits per heavy atom. The molecule has 1 spiro atoms. The number of fused-ring (bicyclic) bond motifs is 2. The normalized spacial score (nSPS) is 46.1. The van der Waals surface area contributed by atoms with Gasteiger partial charge < -0.3 is 9.47 Å². The van der Waals surface area contributed by atoms with Crippen LogP contribution in [0.2, 0.25) is 0 Å². The van der Waals surface area contributed by atoms with Crippen LogP contribution in [0.25, 0.3) is 0 Å². The van der Waals surface area contributed by atoms with E-state index in [2.05, 4.69) is 18.4 Å². The van der Waals surface area contributed by atoms with Gasteiger partial charge in [-0.05, 0) is 79.1 Å². The maximum atomic E-state index is 12.1. The van der Waals surface area contributed by atoms with Crippen LogP contribution >= 0.6 is 0 Å². The Labute approximate surface area is 186 Å². The van der Waals surface area contributed by atoms with Gasteiger partial charge in [-0.3, -0.25) is 14.5 Å². The Hall–Kier alpha value is -1.36. The maximum Gasteiger partial charge on any atom is 0.303 e. The summed E-state index contributed by atoms with van der Waals surface area (Å²) >= 11 is 0. The number of nitrogens with zero attached hydrogens (tertiary/aromatic N) is 1. The second-order valence-electron chi connectivity index (χ2n) is 11.7. The molecule has 0 N–H and O–H groups in total. The zero-order chi connectivity index (χ0) is 22.0. The van der Waals surface area contributed by atoms with E-state index in [4.69, 9.17) is 9.47 Å². The quantitative estimate of drug-likeness (QED) is 0.491. The smallest absolute Gasteiger partial charge is 0.303 e. The first-order valence-electron chi connectivity index (χ1n) is 12.4. The van der Waals surface area contributed by atoms with Crippen LogP contribution in [0.1, 0.15) is 72.1 Å². The molecule has 0 unspecified atom stereocenters. The summed E-state index contributed by atoms with van der Waals surface area (Å²) in [6.07, 6.45) is 9.84. The molecule has 5 saturated carbocycles. The lowest BCUT2D eigenvalue weighted by molar-refractivity contribution is -0.244. The van der Waals surface area contributed by atoms with Crippen LogP contribution in [0.5, 0.6) is 0 Å². The molecule has 5 nitrogen and oxygen atoms in total. The van der Waals surface area contributed by atoms with E-state index in [9.17, 15) is 9.59 Å². The molecule has 1 heterocycles. The van der Waals surface area contributed by atoms with E-state index in [1.807, 2.05) is 0 Å². The van der Waals surface area contributed by atoms with E-state index in [-0.39, 0.29) is 28.9 Å². The van der Waals surface area contributed by atoms with Crippen molar-refractivity contribution in [1.29, 1.82) is 0 Å². The molecular weight excluding hydrogens is 390 g/mol. The van der Waals surface area contributed by atoms with Crippen molar-refractivity contribution in [2.75, 3.05) is 26.2 Å². The summed E-state index contributed by atoms with van der Waals surface area (Å²) in [5, 5.41) is 0. The Balaban J connectivity index is 1.50. The first-order chi connectivity index (χ1) is 14.7. The predicted molar refractivity (Wildman–Crippen MR) is 118 cm³/mol. The minimum Gasteiger partial charge on any atom is -0.465 e. The minimum atomic E-state index is -0.191. The van der Waals surface area contributed by atoms with Crippen LogP contribution < -0.4 is 0 Å². The molecule has 6 rings (SSSR count). The largest absolute Gasteiger partial charge is 0.465 e. The maximum absolute atomic E-state index is 12.1. The van der Waals surface area contributed by atoms with E-state index in [0.29, 0.717) is 23.9 Å². The number of ether oxygens (including phenoxy) is 2. The van der Waals surface area contributed by atoms with Gasteiger partial charge in [0, 0.05) is 38.9 Å². The van der Waals surface area contributed by atoms with Gasteiger partial charge in [0.1, 0.15) is 12.7 Å². The van der Waals surface area contributed by atoms with Crippen LogP contribution in [0.3, 0.4) is 0 Å². The molecule has 1 saturated heterocycles. The molecule has 5 heteroatoms. The van der Waals surface area contributed by atoms with Crippen LogP contribution in [-0.2, 0) is 19.1 Å². The van der Waals surface area contributed by atoms with E-state index < -0.39 is 0 Å². The van der Waals surface area contributed by atoms with E-state index in [1.54, 1.807) is 6.92 Å². The topological polar surface area (TPSA) is 55.8 Å². The molecule has 5 aliphatic carbocycles. The molecular formula is C26H39NO4. The van der Waals surface area contributed by atoms with E-state index in [0.717, 1.165) is 25.6 Å². The van der Waals surface area contributed by atoms with Crippen LogP contribution in [0.4, 0.5) is 0 Å². The minimum absolute atomic E-state index is 0.0746. The summed E-state index contributed by atoms with van der Waals surface area (Å²) in [5.74, 6) is 1.49. The lowest BCUT2D eigenvalue weighted by Crippen LogP contribution is -2.71. The van der Waals surface area contributed by atoms with Gasteiger partial charge in [-0.2, -0.15) is 0 Å². The zero-order valence-corrected chi connectivity index (χ0v) is 19.6. The number of piperidine rings is 1. The third-order valence-electron chi connectivity index (χ3n) is 10.2. The van der Waals surface area contributed by atoms with Crippen molar-refractivity contribution in [3.05, 3.63) is 12.2 Å². The van der Waals surface area contributed by atoms with Crippen LogP contribution in [0, 0.1) is 34.0 Å². The lowest BCUT2D eigenvalue weighted by atomic mass is 9.35. The highest BCUT2D eigenvalue weighted by molar-refractivity contribution is 5.67. The predicted octanol–water partition coefficient (Wildman–Crippen LogP) is 4.36. The second-order valence-corrected chi connectivity index (χ2v) is 11.7. The fraction of sp³-hybridized carbons (Fsp3) is 0.846. The fourth-order valence-electron chi connectivity index (χ4n) is 9.36. The summed E-state index contributed by atoms with van der Waals surface area (Å²) in [7, 11) is 0. The third kappa shape index (κ3) is 3.13. The molecule has 0 amide bonds. The van der Waals surface area contributed by atoms with Gasteiger partial charge in [-0.25, -0.2) is 0 Å². The number of esters is 2. The summed E-state index contributed by atoms with van der Waals surface area (Å²) in [4.78, 5) is 26.0. The standard InChI is InChI=1S/C26H39NO4/c1-17-20-6-10-25(23(17)31-19(3)29)11-7-21-24(4)8-5-9-26(21,22(25)14-20)16-27(15-24)12-13-30-18(2)28/h20-23H,1,5-16H2,2-4H3/t20-,21+,22-,23+,24+,25+,26+/m1/s1. The van der Waals surface area contributed by atoms with Crippen molar-refractivity contribution < 1.29 is 19.1 Å². The Kier molecular flexibility index (Phi) is 5.08. The molecule has 6 fully saturated rings. The molecule has 4 bridgehead atoms. The summed E-state index contributed by atoms with van der Waals surface area (Å²) in [6.45, 7) is 13.5. The number of rotatable bonds is 4. The van der Waals surface area contributed by atoms with Gasteiger partial charge in [0.05, 0.1) is 0 Å². The van der Waals surface area contributed by atoms with Gasteiger partial charge in [-0.1, -0.05) is 19.9 Å². The Bertz CT molecular complexity index is 794. The number of hydrogen-bond acceptors (Lipinski definition) is 5. The number of carbonyl (C=O) groups excluding carboxylic acids is 2. The van der Waals surface area contributed by atoms with Crippen LogP contribution in [-0.4, -0.2) is 49.2 Å². The molecule has 6 aliphatic rings. The van der Waals surface area contributed by atoms with Gasteiger partial charge in [-0.15, -0.1) is 0 Å². The van der Waals surface area contributed by atoms with E-state index >= 15 is 0 Å². The van der Waals surface area contributed by atoms with Gasteiger partial charge in [0.2, 0.25) is 0 Å². The van der Waals surface area contributed by atoms with Gasteiger partial charge >= 0.3 is 11.9 Å². The zero-order valence-electron chi connectivity index (χ0n) is 19.6. The number of hydrogen-bond donors (Lipinski definition) is 0. The van der Waals surface area contributed by atoms with Crippen molar-refractivity contribution in [2.45, 2.75) is 78.2 Å². The molecule has 1 aliphatic heterocycles. The SMILES string of the molecule is C=C1[C@@H]2CC[C@@]3(CC[C@H]4[C@@]5(C)CCC[C@@]4(CN(CCOC(C)=O)C5)[C@@H]3C2)[C@H]1OC(C)=O. The molecule has 0 aromatic heterocycles. The van der Waals surface area contributed by atoms with Crippen molar-refractivity contribution >= 4 is 11.9 Å². The monoisotopic (exact) mass is 429 g/mol. The van der Waals surface area contributed by atoms with Crippen molar-refractivity contribution in [2.24, 2.45) is 34.0 Å². The lowest BCUT2D eigenvalue weighted by Gasteiger charge is -2.73. The molecule has 0 radical (unpaired) electrons. The molecule has 0 aromatic carbocycles. The first kappa shape index (κ1) is 21.5. The van der Waals surface area contributed by atoms with Gasteiger partial charge in [0.15, 0.2) is 0 Å². The molecule has 0 aromatic rings. The van der Waals surface area contributed by atoms with Crippen molar-refractivity contribution in [3.8, 4) is 0 Å². The average Bonchev–Trinajstić information content (AvgIpc) is 2.69. The first-order valence-corrected chi connectivity index (χ1v) is 12.4. The summed E-state index contributed by atoms with van der Waals surface area (Å²) in [5.41, 5.74) is 1.88. The number of likely N-dealkylation sites (tertiary alicyclic amines) is 1.